The lowest BCUT2D eigenvalue weighted by atomic mass is 10.0. The number of thiophene rings is 4. The lowest BCUT2D eigenvalue weighted by Crippen LogP contribution is -2.10. The summed E-state index contributed by atoms with van der Waals surface area (Å²) in [5.74, 6) is -0.412. The number of rotatable bonds is 15. The highest BCUT2D eigenvalue weighted by atomic mass is 32.1. The van der Waals surface area contributed by atoms with Crippen molar-refractivity contribution in [3.8, 4) is 30.6 Å². The summed E-state index contributed by atoms with van der Waals surface area (Å²) in [6, 6.07) is 56.8. The summed E-state index contributed by atoms with van der Waals surface area (Å²) in [6.45, 7) is 4.53. The molecule has 0 unspecified atom stereocenters. The molecule has 0 saturated carbocycles. The van der Waals surface area contributed by atoms with Gasteiger partial charge in [0.2, 0.25) is 0 Å². The Balaban J connectivity index is 1.00. The van der Waals surface area contributed by atoms with Gasteiger partial charge in [-0.3, -0.25) is 9.59 Å². The van der Waals surface area contributed by atoms with Crippen LogP contribution in [0, 0.1) is 13.8 Å². The Bertz CT molecular complexity index is 3130. The van der Waals surface area contributed by atoms with Crippen LogP contribution in [0.2, 0.25) is 0 Å². The Hall–Kier alpha value is -6.82. The standard InChI is InChI=1S/C58H48N2O4S4/c1-37-49-35-47(59(43-19-9-39(10-20-43)13-31-55(61)63-3)45-23-15-41(16-24-45)51-7-5-33-65-51)27-29-53(49)67-57(37)58-38(2)50-36-48(28-30-54(50)68-58)60(44-21-11-40(12-22-44)14-32-56(62)64-4)46-25-17-42(18-26-46)52-8-6-34-66-52/h5-12,15-30,33-36H,13-14,31-32H2,1-4H3. The van der Waals surface area contributed by atoms with Gasteiger partial charge in [0.25, 0.3) is 0 Å². The average Bonchev–Trinajstić information content (AvgIpc) is 4.23. The van der Waals surface area contributed by atoms with Crippen molar-refractivity contribution in [1.29, 1.82) is 0 Å². The van der Waals surface area contributed by atoms with E-state index in [2.05, 4.69) is 192 Å². The maximum absolute atomic E-state index is 11.9. The molecule has 338 valence electrons. The van der Waals surface area contributed by atoms with Crippen molar-refractivity contribution < 1.29 is 19.1 Å². The van der Waals surface area contributed by atoms with Crippen LogP contribution in [0.25, 0.3) is 50.8 Å². The van der Waals surface area contributed by atoms with E-state index in [4.69, 9.17) is 9.47 Å². The molecule has 6 nitrogen and oxygen atoms in total. The minimum absolute atomic E-state index is 0.206. The Labute approximate surface area is 412 Å². The SMILES string of the molecule is COC(=O)CCc1ccc(N(c2ccc(-c3cccs3)cc2)c2ccc3sc(-c4sc5ccc(N(c6ccc(CCC(=O)OC)cc6)c6ccc(-c7cccs7)cc6)cc5c4C)c(C)c3c2)cc1. The summed E-state index contributed by atoms with van der Waals surface area (Å²) in [6.07, 6.45) is 1.95. The van der Waals surface area contributed by atoms with Gasteiger partial charge in [-0.1, -0.05) is 60.7 Å². The van der Waals surface area contributed by atoms with E-state index in [1.54, 1.807) is 22.7 Å². The average molecular weight is 965 g/mol. The van der Waals surface area contributed by atoms with Gasteiger partial charge in [-0.15, -0.1) is 45.3 Å². The van der Waals surface area contributed by atoms with Crippen LogP contribution in [-0.4, -0.2) is 26.2 Å². The number of benzene rings is 6. The first-order valence-corrected chi connectivity index (χ1v) is 25.9. The molecule has 0 aliphatic rings. The topological polar surface area (TPSA) is 59.1 Å². The first-order chi connectivity index (χ1) is 33.2. The molecular weight excluding hydrogens is 917 g/mol. The van der Waals surface area contributed by atoms with Crippen molar-refractivity contribution >= 4 is 112 Å². The van der Waals surface area contributed by atoms with Gasteiger partial charge >= 0.3 is 11.9 Å². The summed E-state index contributed by atoms with van der Waals surface area (Å²) in [4.78, 5) is 33.5. The molecule has 4 aromatic heterocycles. The molecule has 0 saturated heterocycles. The molecule has 0 bridgehead atoms. The van der Waals surface area contributed by atoms with Gasteiger partial charge in [-0.25, -0.2) is 0 Å². The second kappa shape index (κ2) is 19.8. The fourth-order valence-electron chi connectivity index (χ4n) is 8.78. The molecule has 6 aromatic carbocycles. The van der Waals surface area contributed by atoms with Crippen molar-refractivity contribution in [3.63, 3.8) is 0 Å². The molecule has 4 heterocycles. The highest BCUT2D eigenvalue weighted by molar-refractivity contribution is 7.28. The lowest BCUT2D eigenvalue weighted by Gasteiger charge is -2.26. The number of esters is 2. The van der Waals surface area contributed by atoms with Crippen LogP contribution in [-0.2, 0) is 31.9 Å². The Morgan fingerprint density at radius 1 is 0.456 bits per heavy atom. The van der Waals surface area contributed by atoms with Gasteiger partial charge in [0.15, 0.2) is 0 Å². The zero-order chi connectivity index (χ0) is 46.7. The van der Waals surface area contributed by atoms with E-state index in [0.717, 1.165) is 45.3 Å². The molecule has 0 N–H and O–H groups in total. The van der Waals surface area contributed by atoms with E-state index in [1.807, 2.05) is 22.7 Å². The van der Waals surface area contributed by atoms with Crippen LogP contribution in [0.3, 0.4) is 0 Å². The normalized spacial score (nSPS) is 11.3. The van der Waals surface area contributed by atoms with Crippen molar-refractivity contribution in [2.75, 3.05) is 24.0 Å². The minimum atomic E-state index is -0.206. The van der Waals surface area contributed by atoms with Gasteiger partial charge < -0.3 is 19.3 Å². The summed E-state index contributed by atoms with van der Waals surface area (Å²) >= 11 is 7.21. The van der Waals surface area contributed by atoms with Crippen molar-refractivity contribution in [1.82, 2.24) is 0 Å². The monoisotopic (exact) mass is 964 g/mol. The van der Waals surface area contributed by atoms with E-state index in [9.17, 15) is 9.59 Å². The zero-order valence-electron chi connectivity index (χ0n) is 38.2. The summed E-state index contributed by atoms with van der Waals surface area (Å²) < 4.78 is 12.3. The number of nitrogens with zero attached hydrogens (tertiary/aromatic N) is 2. The molecule has 0 amide bonds. The molecule has 68 heavy (non-hydrogen) atoms. The third-order valence-corrected chi connectivity index (χ3v) is 17.1. The molecule has 10 rings (SSSR count). The summed E-state index contributed by atoms with van der Waals surface area (Å²) in [5.41, 5.74) is 13.5. The maximum atomic E-state index is 11.9. The van der Waals surface area contributed by atoms with Gasteiger partial charge in [-0.2, -0.15) is 0 Å². The Morgan fingerprint density at radius 2 is 0.809 bits per heavy atom. The highest BCUT2D eigenvalue weighted by Crippen LogP contribution is 2.49. The van der Waals surface area contributed by atoms with Crippen LogP contribution in [0.5, 0.6) is 0 Å². The molecule has 0 fully saturated rings. The maximum Gasteiger partial charge on any atom is 0.305 e. The van der Waals surface area contributed by atoms with Crippen LogP contribution in [0.15, 0.2) is 168 Å². The molecule has 0 spiro atoms. The van der Waals surface area contributed by atoms with Crippen molar-refractivity contribution in [2.24, 2.45) is 0 Å². The highest BCUT2D eigenvalue weighted by Gasteiger charge is 2.22. The minimum Gasteiger partial charge on any atom is -0.469 e. The van der Waals surface area contributed by atoms with Crippen LogP contribution in [0.4, 0.5) is 34.1 Å². The summed E-state index contributed by atoms with van der Waals surface area (Å²) in [7, 11) is 2.87. The smallest absolute Gasteiger partial charge is 0.305 e. The molecule has 0 atom stereocenters. The Kier molecular flexibility index (Phi) is 13.1. The van der Waals surface area contributed by atoms with E-state index in [0.29, 0.717) is 25.7 Å². The third-order valence-electron chi connectivity index (χ3n) is 12.5. The van der Waals surface area contributed by atoms with E-state index in [1.165, 1.54) is 76.2 Å². The molecule has 0 aliphatic carbocycles. The van der Waals surface area contributed by atoms with Crippen LogP contribution < -0.4 is 9.80 Å². The second-order valence-electron chi connectivity index (χ2n) is 16.7. The quantitative estimate of drug-likeness (QED) is 0.0954. The van der Waals surface area contributed by atoms with Gasteiger partial charge in [-0.05, 0) is 179 Å². The second-order valence-corrected chi connectivity index (χ2v) is 20.7. The zero-order valence-corrected chi connectivity index (χ0v) is 41.4. The van der Waals surface area contributed by atoms with Crippen LogP contribution in [0.1, 0.15) is 35.1 Å². The first-order valence-electron chi connectivity index (χ1n) is 22.5. The molecule has 0 radical (unpaired) electrons. The molecule has 10 aromatic rings. The third kappa shape index (κ3) is 9.25. The number of methoxy groups -OCH3 is 2. The van der Waals surface area contributed by atoms with Gasteiger partial charge in [0, 0.05) is 75.9 Å². The number of hydrogen-bond acceptors (Lipinski definition) is 10. The Morgan fingerprint density at radius 3 is 1.15 bits per heavy atom. The number of carbonyl (C=O) groups is 2. The van der Waals surface area contributed by atoms with Crippen molar-refractivity contribution in [2.45, 2.75) is 39.5 Å². The van der Waals surface area contributed by atoms with E-state index in [-0.39, 0.29) is 11.9 Å². The van der Waals surface area contributed by atoms with E-state index >= 15 is 0 Å². The first kappa shape index (κ1) is 45.0. The number of carbonyl (C=O) groups excluding carboxylic acids is 2. The predicted molar refractivity (Wildman–Crippen MR) is 289 cm³/mol. The lowest BCUT2D eigenvalue weighted by molar-refractivity contribution is -0.141. The van der Waals surface area contributed by atoms with Gasteiger partial charge in [0.1, 0.15) is 0 Å². The van der Waals surface area contributed by atoms with Crippen LogP contribution >= 0.6 is 45.3 Å². The van der Waals surface area contributed by atoms with Crippen molar-refractivity contribution in [3.05, 3.63) is 191 Å². The van der Waals surface area contributed by atoms with E-state index < -0.39 is 0 Å². The molecular formula is C58H48N2O4S4. The molecule has 0 aliphatic heterocycles. The fraction of sp³-hybridized carbons (Fsp3) is 0.138. The number of fused-ring (bicyclic) bond motifs is 2. The number of hydrogen-bond donors (Lipinski definition) is 0. The number of aryl methyl sites for hydroxylation is 4. The largest absolute Gasteiger partial charge is 0.469 e. The molecule has 10 heteroatoms. The van der Waals surface area contributed by atoms with Gasteiger partial charge in [0.05, 0.1) is 14.2 Å². The number of anilines is 6. The predicted octanol–water partition coefficient (Wildman–Crippen LogP) is 17.0. The fourth-order valence-corrected chi connectivity index (χ4v) is 12.9. The summed E-state index contributed by atoms with van der Waals surface area (Å²) in [5, 5.41) is 6.70. The number of ether oxygens (including phenoxy) is 2.